The Morgan fingerprint density at radius 1 is 1.20 bits per heavy atom. The lowest BCUT2D eigenvalue weighted by molar-refractivity contribution is 0.102. The number of hydrogen-bond acceptors (Lipinski definition) is 4. The van der Waals surface area contributed by atoms with Crippen LogP contribution in [-0.4, -0.2) is 29.0 Å². The van der Waals surface area contributed by atoms with E-state index in [1.165, 1.54) is 12.0 Å². The van der Waals surface area contributed by atoms with E-state index in [2.05, 4.69) is 32.7 Å². The fourth-order valence-electron chi connectivity index (χ4n) is 3.66. The standard InChI is InChI=1S/C19H22N4O.ClH/c24-19(23-18-16-2-1-3-17(16)21-12-22-18)15-6-4-13(5-7-15)10-14-8-9-20-11-14;/h4-7,12,14,20H,1-3,8-11H2,(H,21,22,23,24);1H. The molecule has 2 aromatic rings. The first kappa shape index (κ1) is 17.8. The number of carbonyl (C=O) groups is 1. The summed E-state index contributed by atoms with van der Waals surface area (Å²) in [5, 5.41) is 6.34. The molecule has 1 aromatic heterocycles. The molecule has 0 radical (unpaired) electrons. The molecule has 0 saturated carbocycles. The van der Waals surface area contributed by atoms with Crippen LogP contribution < -0.4 is 10.6 Å². The van der Waals surface area contributed by atoms with Crippen LogP contribution in [0.1, 0.15) is 40.0 Å². The Morgan fingerprint density at radius 3 is 2.80 bits per heavy atom. The number of fused-ring (bicyclic) bond motifs is 1. The molecule has 1 aromatic carbocycles. The normalized spacial score (nSPS) is 18.5. The predicted octanol–water partition coefficient (Wildman–Crippen LogP) is 2.79. The monoisotopic (exact) mass is 358 g/mol. The second kappa shape index (κ2) is 7.93. The van der Waals surface area contributed by atoms with Crippen LogP contribution in [0.4, 0.5) is 5.82 Å². The summed E-state index contributed by atoms with van der Waals surface area (Å²) in [4.78, 5) is 21.0. The third kappa shape index (κ3) is 3.99. The SMILES string of the molecule is Cl.O=C(Nc1ncnc2c1CCC2)c1ccc(CC2CCNC2)cc1. The van der Waals surface area contributed by atoms with Gasteiger partial charge in [0.2, 0.25) is 0 Å². The van der Waals surface area contributed by atoms with E-state index in [4.69, 9.17) is 0 Å². The number of rotatable bonds is 4. The quantitative estimate of drug-likeness (QED) is 0.882. The number of carbonyl (C=O) groups excluding carboxylic acids is 1. The van der Waals surface area contributed by atoms with Gasteiger partial charge < -0.3 is 10.6 Å². The van der Waals surface area contributed by atoms with Crippen LogP contribution in [0.5, 0.6) is 0 Å². The minimum Gasteiger partial charge on any atom is -0.316 e. The molecule has 6 heteroatoms. The molecule has 1 aliphatic heterocycles. The largest absolute Gasteiger partial charge is 0.316 e. The molecule has 5 nitrogen and oxygen atoms in total. The van der Waals surface area contributed by atoms with Gasteiger partial charge in [-0.3, -0.25) is 4.79 Å². The lowest BCUT2D eigenvalue weighted by atomic mass is 9.98. The van der Waals surface area contributed by atoms with Gasteiger partial charge in [-0.05, 0) is 68.8 Å². The summed E-state index contributed by atoms with van der Waals surface area (Å²) in [6, 6.07) is 7.96. The summed E-state index contributed by atoms with van der Waals surface area (Å²) in [6.45, 7) is 2.22. The van der Waals surface area contributed by atoms with E-state index in [9.17, 15) is 4.79 Å². The summed E-state index contributed by atoms with van der Waals surface area (Å²) in [6.07, 6.45) is 6.86. The van der Waals surface area contributed by atoms with Gasteiger partial charge in [0.25, 0.3) is 5.91 Å². The molecule has 0 spiro atoms. The lowest BCUT2D eigenvalue weighted by Gasteiger charge is -2.10. The van der Waals surface area contributed by atoms with Crippen molar-refractivity contribution in [2.24, 2.45) is 5.92 Å². The maximum atomic E-state index is 12.5. The van der Waals surface area contributed by atoms with Crippen molar-refractivity contribution in [1.29, 1.82) is 0 Å². The van der Waals surface area contributed by atoms with E-state index in [1.807, 2.05) is 12.1 Å². The molecule has 1 fully saturated rings. The minimum atomic E-state index is -0.100. The van der Waals surface area contributed by atoms with Gasteiger partial charge in [-0.15, -0.1) is 12.4 Å². The second-order valence-electron chi connectivity index (χ2n) is 6.72. The van der Waals surface area contributed by atoms with Gasteiger partial charge in [-0.2, -0.15) is 0 Å². The highest BCUT2D eigenvalue weighted by Crippen LogP contribution is 2.25. The van der Waals surface area contributed by atoms with Gasteiger partial charge in [0, 0.05) is 16.8 Å². The third-order valence-corrected chi connectivity index (χ3v) is 5.01. The van der Waals surface area contributed by atoms with E-state index in [0.29, 0.717) is 17.3 Å². The van der Waals surface area contributed by atoms with Gasteiger partial charge in [-0.1, -0.05) is 12.1 Å². The number of hydrogen-bond donors (Lipinski definition) is 2. The van der Waals surface area contributed by atoms with Crippen LogP contribution in [0.3, 0.4) is 0 Å². The highest BCUT2D eigenvalue weighted by atomic mass is 35.5. The van der Waals surface area contributed by atoms with Crippen molar-refractivity contribution in [2.75, 3.05) is 18.4 Å². The molecule has 1 amide bonds. The molecule has 2 N–H and O–H groups in total. The summed E-state index contributed by atoms with van der Waals surface area (Å²) >= 11 is 0. The fourth-order valence-corrected chi connectivity index (χ4v) is 3.66. The van der Waals surface area contributed by atoms with Crippen molar-refractivity contribution in [3.8, 4) is 0 Å². The van der Waals surface area contributed by atoms with Crippen molar-refractivity contribution in [3.63, 3.8) is 0 Å². The molecule has 1 saturated heterocycles. The number of aromatic nitrogens is 2. The Hall–Kier alpha value is -1.98. The molecule has 25 heavy (non-hydrogen) atoms. The number of nitrogens with zero attached hydrogens (tertiary/aromatic N) is 2. The van der Waals surface area contributed by atoms with Crippen molar-refractivity contribution in [3.05, 3.63) is 53.0 Å². The average molecular weight is 359 g/mol. The van der Waals surface area contributed by atoms with Crippen LogP contribution in [0.25, 0.3) is 0 Å². The number of aryl methyl sites for hydroxylation is 1. The minimum absolute atomic E-state index is 0. The number of amides is 1. The molecule has 1 atom stereocenters. The zero-order chi connectivity index (χ0) is 16.4. The van der Waals surface area contributed by atoms with Crippen molar-refractivity contribution >= 4 is 24.1 Å². The van der Waals surface area contributed by atoms with Gasteiger partial charge in [0.1, 0.15) is 12.1 Å². The number of anilines is 1. The molecule has 4 rings (SSSR count). The van der Waals surface area contributed by atoms with E-state index in [-0.39, 0.29) is 18.3 Å². The lowest BCUT2D eigenvalue weighted by Crippen LogP contribution is -2.15. The van der Waals surface area contributed by atoms with Crippen LogP contribution in [0.2, 0.25) is 0 Å². The van der Waals surface area contributed by atoms with E-state index < -0.39 is 0 Å². The van der Waals surface area contributed by atoms with Gasteiger partial charge in [0.05, 0.1) is 0 Å². The first-order valence-corrected chi connectivity index (χ1v) is 8.73. The molecular formula is C19H23ClN4O. The van der Waals surface area contributed by atoms with Gasteiger partial charge in [0.15, 0.2) is 0 Å². The van der Waals surface area contributed by atoms with Crippen LogP contribution in [-0.2, 0) is 19.3 Å². The Morgan fingerprint density at radius 2 is 2.04 bits per heavy atom. The Bertz CT molecular complexity index is 742. The van der Waals surface area contributed by atoms with Gasteiger partial charge in [-0.25, -0.2) is 9.97 Å². The number of benzene rings is 1. The molecule has 1 aliphatic carbocycles. The topological polar surface area (TPSA) is 66.9 Å². The van der Waals surface area contributed by atoms with Gasteiger partial charge >= 0.3 is 0 Å². The van der Waals surface area contributed by atoms with E-state index in [0.717, 1.165) is 50.0 Å². The molecule has 2 aliphatic rings. The summed E-state index contributed by atoms with van der Waals surface area (Å²) in [7, 11) is 0. The third-order valence-electron chi connectivity index (χ3n) is 5.01. The smallest absolute Gasteiger partial charge is 0.256 e. The second-order valence-corrected chi connectivity index (χ2v) is 6.72. The maximum absolute atomic E-state index is 12.5. The number of nitrogens with one attached hydrogen (secondary N) is 2. The maximum Gasteiger partial charge on any atom is 0.256 e. The zero-order valence-corrected chi connectivity index (χ0v) is 14.9. The predicted molar refractivity (Wildman–Crippen MR) is 100 cm³/mol. The Kier molecular flexibility index (Phi) is 5.66. The van der Waals surface area contributed by atoms with E-state index in [1.54, 1.807) is 6.33 Å². The van der Waals surface area contributed by atoms with E-state index >= 15 is 0 Å². The fraction of sp³-hybridized carbons (Fsp3) is 0.421. The molecular weight excluding hydrogens is 336 g/mol. The zero-order valence-electron chi connectivity index (χ0n) is 14.1. The average Bonchev–Trinajstić information content (AvgIpc) is 3.27. The Balaban J connectivity index is 0.00000182. The summed E-state index contributed by atoms with van der Waals surface area (Å²) in [5.41, 5.74) is 4.13. The van der Waals surface area contributed by atoms with Crippen molar-refractivity contribution in [2.45, 2.75) is 32.1 Å². The Labute approximate surface area is 154 Å². The molecule has 1 unspecified atom stereocenters. The number of halogens is 1. The van der Waals surface area contributed by atoms with Crippen molar-refractivity contribution in [1.82, 2.24) is 15.3 Å². The van der Waals surface area contributed by atoms with Crippen molar-refractivity contribution < 1.29 is 4.79 Å². The molecule has 0 bridgehead atoms. The highest BCUT2D eigenvalue weighted by molar-refractivity contribution is 6.04. The first-order chi connectivity index (χ1) is 11.8. The summed E-state index contributed by atoms with van der Waals surface area (Å²) < 4.78 is 0. The molecule has 132 valence electrons. The van der Waals surface area contributed by atoms with Crippen LogP contribution in [0.15, 0.2) is 30.6 Å². The van der Waals surface area contributed by atoms with Crippen LogP contribution >= 0.6 is 12.4 Å². The first-order valence-electron chi connectivity index (χ1n) is 8.73. The molecule has 2 heterocycles. The highest BCUT2D eigenvalue weighted by Gasteiger charge is 2.19. The van der Waals surface area contributed by atoms with Crippen LogP contribution in [0, 0.1) is 5.92 Å². The summed E-state index contributed by atoms with van der Waals surface area (Å²) in [5.74, 6) is 1.29.